The third-order valence-corrected chi connectivity index (χ3v) is 3.99. The van der Waals surface area contributed by atoms with Crippen molar-refractivity contribution in [2.75, 3.05) is 26.2 Å². The Hall–Kier alpha value is -1.87. The summed E-state index contributed by atoms with van der Waals surface area (Å²) in [5, 5.41) is 20.0. The lowest BCUT2D eigenvalue weighted by Crippen LogP contribution is -2.48. The van der Waals surface area contributed by atoms with Crippen molar-refractivity contribution in [2.45, 2.75) is 32.4 Å². The minimum absolute atomic E-state index is 0.208. The summed E-state index contributed by atoms with van der Waals surface area (Å²) in [5.74, 6) is 0. The summed E-state index contributed by atoms with van der Waals surface area (Å²) in [5.41, 5.74) is 1.40. The zero-order chi connectivity index (χ0) is 14.7. The second kappa shape index (κ2) is 6.06. The molecule has 0 aromatic heterocycles. The summed E-state index contributed by atoms with van der Waals surface area (Å²) in [6, 6.07) is 1.91. The molecule has 1 saturated heterocycles. The van der Waals surface area contributed by atoms with Gasteiger partial charge in [0, 0.05) is 37.1 Å². The van der Waals surface area contributed by atoms with Crippen LogP contribution in [0.5, 0.6) is 0 Å². The molecule has 0 aromatic rings. The van der Waals surface area contributed by atoms with Gasteiger partial charge in [0.15, 0.2) is 0 Å². The lowest BCUT2D eigenvalue weighted by Gasteiger charge is -2.39. The predicted molar refractivity (Wildman–Crippen MR) is 75.5 cm³/mol. The van der Waals surface area contributed by atoms with Gasteiger partial charge in [0.2, 0.25) is 6.04 Å². The van der Waals surface area contributed by atoms with Crippen molar-refractivity contribution in [3.8, 4) is 6.07 Å². The van der Waals surface area contributed by atoms with Crippen LogP contribution in [0.4, 0.5) is 0 Å². The Bertz CT molecular complexity index is 482. The maximum atomic E-state index is 10.8. The molecule has 20 heavy (non-hydrogen) atoms. The van der Waals surface area contributed by atoms with Gasteiger partial charge in [-0.3, -0.25) is 15.0 Å². The van der Waals surface area contributed by atoms with E-state index in [-0.39, 0.29) is 11.3 Å². The third kappa shape index (κ3) is 2.99. The van der Waals surface area contributed by atoms with Gasteiger partial charge in [0.1, 0.15) is 0 Å². The van der Waals surface area contributed by atoms with Crippen LogP contribution in [-0.4, -0.2) is 53.0 Å². The second-order valence-corrected chi connectivity index (χ2v) is 5.51. The van der Waals surface area contributed by atoms with E-state index >= 15 is 0 Å². The molecule has 1 atom stereocenters. The van der Waals surface area contributed by atoms with Crippen molar-refractivity contribution in [2.24, 2.45) is 0 Å². The summed E-state index contributed by atoms with van der Waals surface area (Å²) >= 11 is 0. The Kier molecular flexibility index (Phi) is 4.40. The average Bonchev–Trinajstić information content (AvgIpc) is 2.46. The van der Waals surface area contributed by atoms with Crippen molar-refractivity contribution in [1.82, 2.24) is 9.80 Å². The van der Waals surface area contributed by atoms with E-state index in [2.05, 4.69) is 29.7 Å². The smallest absolute Gasteiger partial charge is 0.236 e. The van der Waals surface area contributed by atoms with Crippen molar-refractivity contribution in [1.29, 1.82) is 5.26 Å². The van der Waals surface area contributed by atoms with Gasteiger partial charge in [-0.25, -0.2) is 0 Å². The highest BCUT2D eigenvalue weighted by atomic mass is 16.6. The van der Waals surface area contributed by atoms with Crippen molar-refractivity contribution < 1.29 is 4.92 Å². The Morgan fingerprint density at radius 2 is 2.05 bits per heavy atom. The molecule has 1 fully saturated rings. The highest BCUT2D eigenvalue weighted by Crippen LogP contribution is 2.24. The number of hydrogen-bond acceptors (Lipinski definition) is 5. The van der Waals surface area contributed by atoms with E-state index < -0.39 is 6.04 Å². The van der Waals surface area contributed by atoms with Gasteiger partial charge in [-0.2, -0.15) is 5.26 Å². The summed E-state index contributed by atoms with van der Waals surface area (Å²) < 4.78 is 0. The van der Waals surface area contributed by atoms with Crippen LogP contribution < -0.4 is 0 Å². The Morgan fingerprint density at radius 1 is 1.40 bits per heavy atom. The van der Waals surface area contributed by atoms with Gasteiger partial charge in [-0.15, -0.1) is 0 Å². The first-order valence-corrected chi connectivity index (χ1v) is 6.97. The summed E-state index contributed by atoms with van der Waals surface area (Å²) in [6.45, 7) is 8.02. The molecule has 1 heterocycles. The number of nitrogens with zero attached hydrogens (tertiary/aromatic N) is 4. The molecule has 0 saturated carbocycles. The zero-order valence-corrected chi connectivity index (χ0v) is 12.0. The molecule has 0 N–H and O–H groups in total. The Labute approximate surface area is 119 Å². The number of hydrogen-bond donors (Lipinski definition) is 0. The van der Waals surface area contributed by atoms with E-state index in [1.165, 1.54) is 0 Å². The van der Waals surface area contributed by atoms with E-state index in [0.717, 1.165) is 31.9 Å². The number of piperazine rings is 1. The van der Waals surface area contributed by atoms with Gasteiger partial charge in [0.25, 0.3) is 0 Å². The lowest BCUT2D eigenvalue weighted by atomic mass is 9.98. The zero-order valence-electron chi connectivity index (χ0n) is 12.0. The molecular formula is C14H20N4O2. The minimum atomic E-state index is -0.759. The molecule has 0 spiro atoms. The first kappa shape index (κ1) is 14.5. The van der Waals surface area contributed by atoms with E-state index in [4.69, 9.17) is 0 Å². The molecule has 6 heteroatoms. The van der Waals surface area contributed by atoms with Gasteiger partial charge < -0.3 is 4.90 Å². The van der Waals surface area contributed by atoms with Crippen LogP contribution in [0.25, 0.3) is 0 Å². The fourth-order valence-corrected chi connectivity index (χ4v) is 2.71. The summed E-state index contributed by atoms with van der Waals surface area (Å²) in [6.07, 6.45) is 3.56. The SMILES string of the molecule is CC(C)N1CCN(C2=C(C#N)CC([N+](=O)[O-])C=C2)CC1. The monoisotopic (exact) mass is 276 g/mol. The third-order valence-electron chi connectivity index (χ3n) is 3.99. The van der Waals surface area contributed by atoms with Crippen LogP contribution in [0.3, 0.4) is 0 Å². The van der Waals surface area contributed by atoms with Crippen LogP contribution in [0.1, 0.15) is 20.3 Å². The molecule has 2 aliphatic rings. The van der Waals surface area contributed by atoms with E-state index in [0.29, 0.717) is 11.6 Å². The number of allylic oxidation sites excluding steroid dienone is 1. The van der Waals surface area contributed by atoms with Gasteiger partial charge in [-0.1, -0.05) is 0 Å². The molecule has 6 nitrogen and oxygen atoms in total. The molecule has 2 rings (SSSR count). The van der Waals surface area contributed by atoms with Crippen LogP contribution in [-0.2, 0) is 0 Å². The van der Waals surface area contributed by atoms with Crippen LogP contribution in [0.2, 0.25) is 0 Å². The number of rotatable bonds is 3. The first-order valence-electron chi connectivity index (χ1n) is 6.97. The normalized spacial score (nSPS) is 24.1. The van der Waals surface area contributed by atoms with Gasteiger partial charge in [-0.05, 0) is 26.0 Å². The van der Waals surface area contributed by atoms with Gasteiger partial charge in [0.05, 0.1) is 23.8 Å². The van der Waals surface area contributed by atoms with Crippen LogP contribution >= 0.6 is 0 Å². The minimum Gasteiger partial charge on any atom is -0.368 e. The molecular weight excluding hydrogens is 256 g/mol. The van der Waals surface area contributed by atoms with Crippen molar-refractivity contribution >= 4 is 0 Å². The molecule has 108 valence electrons. The topological polar surface area (TPSA) is 73.4 Å². The maximum absolute atomic E-state index is 10.8. The standard InChI is InChI=1S/C14H20N4O2/c1-11(2)16-5-7-17(8-6-16)14-4-3-13(18(19)20)9-12(14)10-15/h3-4,11,13H,5-9H2,1-2H3. The molecule has 0 radical (unpaired) electrons. The highest BCUT2D eigenvalue weighted by molar-refractivity contribution is 5.38. The number of nitro groups is 1. The Morgan fingerprint density at radius 3 is 2.55 bits per heavy atom. The molecule has 1 aliphatic carbocycles. The molecule has 0 bridgehead atoms. The van der Waals surface area contributed by atoms with Gasteiger partial charge >= 0.3 is 0 Å². The quantitative estimate of drug-likeness (QED) is 0.575. The highest BCUT2D eigenvalue weighted by Gasteiger charge is 2.28. The van der Waals surface area contributed by atoms with Crippen LogP contribution in [0.15, 0.2) is 23.4 Å². The molecule has 0 amide bonds. The largest absolute Gasteiger partial charge is 0.368 e. The summed E-state index contributed by atoms with van der Waals surface area (Å²) in [4.78, 5) is 15.1. The van der Waals surface area contributed by atoms with E-state index in [1.54, 1.807) is 12.2 Å². The molecule has 0 aromatic carbocycles. The fraction of sp³-hybridized carbons (Fsp3) is 0.643. The Balaban J connectivity index is 2.08. The molecule has 1 aliphatic heterocycles. The van der Waals surface area contributed by atoms with E-state index in [9.17, 15) is 15.4 Å². The predicted octanol–water partition coefficient (Wildman–Crippen LogP) is 1.40. The fourth-order valence-electron chi connectivity index (χ4n) is 2.71. The summed E-state index contributed by atoms with van der Waals surface area (Å²) in [7, 11) is 0. The van der Waals surface area contributed by atoms with E-state index in [1.807, 2.05) is 0 Å². The second-order valence-electron chi connectivity index (χ2n) is 5.51. The lowest BCUT2D eigenvalue weighted by molar-refractivity contribution is -0.508. The average molecular weight is 276 g/mol. The first-order chi connectivity index (χ1) is 9.52. The number of nitriles is 1. The maximum Gasteiger partial charge on any atom is 0.236 e. The van der Waals surface area contributed by atoms with Crippen molar-refractivity contribution in [3.05, 3.63) is 33.5 Å². The van der Waals surface area contributed by atoms with Crippen LogP contribution in [0, 0.1) is 21.4 Å². The van der Waals surface area contributed by atoms with Crippen molar-refractivity contribution in [3.63, 3.8) is 0 Å². The molecule has 1 unspecified atom stereocenters.